The first-order valence-corrected chi connectivity index (χ1v) is 6.51. The predicted molar refractivity (Wildman–Crippen MR) is 66.9 cm³/mol. The first kappa shape index (κ1) is 12.7. The van der Waals surface area contributed by atoms with Crippen molar-refractivity contribution in [1.29, 1.82) is 0 Å². The minimum Gasteiger partial charge on any atom is -0.444 e. The molecule has 0 saturated carbocycles. The summed E-state index contributed by atoms with van der Waals surface area (Å²) < 4.78 is 5.41. The molecule has 2 atom stereocenters. The van der Waals surface area contributed by atoms with Gasteiger partial charge in [0.25, 0.3) is 0 Å². The highest BCUT2D eigenvalue weighted by Crippen LogP contribution is 2.34. The maximum absolute atomic E-state index is 11.9. The molecule has 0 aromatic heterocycles. The minimum atomic E-state index is -0.392. The van der Waals surface area contributed by atoms with Gasteiger partial charge in [-0.25, -0.2) is 4.79 Å². The molecule has 1 amide bonds. The van der Waals surface area contributed by atoms with E-state index in [-0.39, 0.29) is 6.09 Å². The Balaban J connectivity index is 1.89. The van der Waals surface area contributed by atoms with Crippen LogP contribution in [0.5, 0.6) is 0 Å². The molecule has 2 saturated heterocycles. The van der Waals surface area contributed by atoms with Crippen LogP contribution in [0.4, 0.5) is 4.79 Å². The number of amides is 1. The fourth-order valence-corrected chi connectivity index (χ4v) is 2.75. The van der Waals surface area contributed by atoms with E-state index in [9.17, 15) is 4.79 Å². The third kappa shape index (κ3) is 2.57. The molecule has 4 nitrogen and oxygen atoms in total. The van der Waals surface area contributed by atoms with Crippen LogP contribution in [-0.4, -0.2) is 53.2 Å². The number of ether oxygens (including phenoxy) is 1. The van der Waals surface area contributed by atoms with E-state index < -0.39 is 5.60 Å². The van der Waals surface area contributed by atoms with Crippen molar-refractivity contribution < 1.29 is 9.53 Å². The van der Waals surface area contributed by atoms with Crippen LogP contribution in [0.1, 0.15) is 34.6 Å². The SMILES string of the molecule is CC(C)N1CC2CN(C(=O)OC(C)(C)C)CC21. The van der Waals surface area contributed by atoms with Crippen LogP contribution in [0, 0.1) is 5.92 Å². The summed E-state index contributed by atoms with van der Waals surface area (Å²) in [6.07, 6.45) is -0.157. The molecular formula is C13H24N2O2. The van der Waals surface area contributed by atoms with Gasteiger partial charge in [0.15, 0.2) is 0 Å². The van der Waals surface area contributed by atoms with Crippen LogP contribution < -0.4 is 0 Å². The molecule has 0 aromatic rings. The van der Waals surface area contributed by atoms with E-state index in [0.717, 1.165) is 19.6 Å². The summed E-state index contributed by atoms with van der Waals surface area (Å²) in [5.74, 6) is 0.657. The van der Waals surface area contributed by atoms with Gasteiger partial charge in [-0.2, -0.15) is 0 Å². The second kappa shape index (κ2) is 4.16. The average Bonchev–Trinajstić information content (AvgIpc) is 2.40. The number of carbonyl (C=O) groups is 1. The molecule has 2 aliphatic rings. The Bertz CT molecular complexity index is 309. The van der Waals surface area contributed by atoms with Crippen LogP contribution in [0.25, 0.3) is 0 Å². The highest BCUT2D eigenvalue weighted by Gasteiger charge is 2.48. The Hall–Kier alpha value is -0.770. The van der Waals surface area contributed by atoms with Crippen LogP contribution in [0.3, 0.4) is 0 Å². The standard InChI is InChI=1S/C13H24N2O2/c1-9(2)15-7-10-6-14(8-11(10)15)12(16)17-13(3,4)5/h9-11H,6-8H2,1-5H3. The van der Waals surface area contributed by atoms with E-state index in [4.69, 9.17) is 4.74 Å². The molecule has 0 aromatic carbocycles. The molecule has 2 fully saturated rings. The van der Waals surface area contributed by atoms with Gasteiger partial charge < -0.3 is 9.64 Å². The summed E-state index contributed by atoms with van der Waals surface area (Å²) in [6.45, 7) is 13.0. The monoisotopic (exact) mass is 240 g/mol. The first-order valence-electron chi connectivity index (χ1n) is 6.51. The molecule has 2 aliphatic heterocycles. The van der Waals surface area contributed by atoms with E-state index in [1.165, 1.54) is 0 Å². The van der Waals surface area contributed by atoms with Gasteiger partial charge in [-0.15, -0.1) is 0 Å². The summed E-state index contributed by atoms with van der Waals surface area (Å²) in [5, 5.41) is 0. The third-order valence-corrected chi connectivity index (χ3v) is 3.59. The number of likely N-dealkylation sites (tertiary alicyclic amines) is 2. The summed E-state index contributed by atoms with van der Waals surface area (Å²) in [5.41, 5.74) is -0.392. The molecule has 98 valence electrons. The lowest BCUT2D eigenvalue weighted by Crippen LogP contribution is -2.58. The lowest BCUT2D eigenvalue weighted by molar-refractivity contribution is 0.0202. The van der Waals surface area contributed by atoms with Gasteiger partial charge in [0.1, 0.15) is 5.60 Å². The van der Waals surface area contributed by atoms with E-state index >= 15 is 0 Å². The summed E-state index contributed by atoms with van der Waals surface area (Å²) in [4.78, 5) is 16.3. The number of hydrogen-bond acceptors (Lipinski definition) is 3. The zero-order chi connectivity index (χ0) is 12.8. The molecule has 2 unspecified atom stereocenters. The second-order valence-electron chi connectivity index (χ2n) is 6.50. The summed E-state index contributed by atoms with van der Waals surface area (Å²) >= 11 is 0. The Labute approximate surface area is 104 Å². The molecule has 0 spiro atoms. The van der Waals surface area contributed by atoms with Gasteiger partial charge in [0.05, 0.1) is 0 Å². The number of fused-ring (bicyclic) bond motifs is 1. The van der Waals surface area contributed by atoms with Crippen LogP contribution in [0.15, 0.2) is 0 Å². The van der Waals surface area contributed by atoms with Crippen molar-refractivity contribution in [1.82, 2.24) is 9.80 Å². The van der Waals surface area contributed by atoms with Crippen molar-refractivity contribution in [2.24, 2.45) is 5.92 Å². The Morgan fingerprint density at radius 3 is 2.41 bits per heavy atom. The predicted octanol–water partition coefficient (Wildman–Crippen LogP) is 1.95. The third-order valence-electron chi connectivity index (χ3n) is 3.59. The number of rotatable bonds is 1. The first-order chi connectivity index (χ1) is 7.78. The van der Waals surface area contributed by atoms with Crippen molar-refractivity contribution in [2.45, 2.75) is 52.3 Å². The molecule has 0 radical (unpaired) electrons. The van der Waals surface area contributed by atoms with Crippen molar-refractivity contribution in [3.63, 3.8) is 0 Å². The van der Waals surface area contributed by atoms with Gasteiger partial charge >= 0.3 is 6.09 Å². The Morgan fingerprint density at radius 2 is 1.88 bits per heavy atom. The highest BCUT2D eigenvalue weighted by atomic mass is 16.6. The zero-order valence-electron chi connectivity index (χ0n) is 11.6. The molecule has 17 heavy (non-hydrogen) atoms. The lowest BCUT2D eigenvalue weighted by Gasteiger charge is -2.46. The van der Waals surface area contributed by atoms with Crippen molar-refractivity contribution >= 4 is 6.09 Å². The van der Waals surface area contributed by atoms with E-state index in [0.29, 0.717) is 18.0 Å². The summed E-state index contributed by atoms with van der Waals surface area (Å²) in [6, 6.07) is 1.14. The highest BCUT2D eigenvalue weighted by molar-refractivity contribution is 5.68. The average molecular weight is 240 g/mol. The fraction of sp³-hybridized carbons (Fsp3) is 0.923. The molecule has 2 heterocycles. The maximum Gasteiger partial charge on any atom is 0.410 e. The minimum absolute atomic E-state index is 0.157. The Morgan fingerprint density at radius 1 is 1.24 bits per heavy atom. The van der Waals surface area contributed by atoms with E-state index in [2.05, 4.69) is 18.7 Å². The van der Waals surface area contributed by atoms with Gasteiger partial charge in [0.2, 0.25) is 0 Å². The Kier molecular flexibility index (Phi) is 3.10. The molecule has 4 heteroatoms. The number of hydrogen-bond donors (Lipinski definition) is 0. The van der Waals surface area contributed by atoms with Crippen LogP contribution in [0.2, 0.25) is 0 Å². The topological polar surface area (TPSA) is 32.8 Å². The van der Waals surface area contributed by atoms with Crippen molar-refractivity contribution in [2.75, 3.05) is 19.6 Å². The molecular weight excluding hydrogens is 216 g/mol. The zero-order valence-corrected chi connectivity index (χ0v) is 11.6. The maximum atomic E-state index is 11.9. The van der Waals surface area contributed by atoms with Gasteiger partial charge in [-0.1, -0.05) is 0 Å². The number of carbonyl (C=O) groups excluding carboxylic acids is 1. The van der Waals surface area contributed by atoms with Gasteiger partial charge in [-0.3, -0.25) is 4.90 Å². The smallest absolute Gasteiger partial charge is 0.410 e. The quantitative estimate of drug-likeness (QED) is 0.702. The van der Waals surface area contributed by atoms with E-state index in [1.54, 1.807) is 0 Å². The number of nitrogens with zero attached hydrogens (tertiary/aromatic N) is 2. The fourth-order valence-electron chi connectivity index (χ4n) is 2.75. The molecule has 0 N–H and O–H groups in total. The van der Waals surface area contributed by atoms with Crippen molar-refractivity contribution in [3.8, 4) is 0 Å². The molecule has 2 rings (SSSR count). The van der Waals surface area contributed by atoms with Crippen molar-refractivity contribution in [3.05, 3.63) is 0 Å². The largest absolute Gasteiger partial charge is 0.444 e. The van der Waals surface area contributed by atoms with Gasteiger partial charge in [0, 0.05) is 37.6 Å². The molecule has 0 bridgehead atoms. The van der Waals surface area contributed by atoms with Crippen LogP contribution in [-0.2, 0) is 4.74 Å². The van der Waals surface area contributed by atoms with E-state index in [1.807, 2.05) is 25.7 Å². The molecule has 0 aliphatic carbocycles. The van der Waals surface area contributed by atoms with Gasteiger partial charge in [-0.05, 0) is 34.6 Å². The normalized spacial score (nSPS) is 29.2. The lowest BCUT2D eigenvalue weighted by atomic mass is 9.90. The second-order valence-corrected chi connectivity index (χ2v) is 6.50. The summed E-state index contributed by atoms with van der Waals surface area (Å²) in [7, 11) is 0. The van der Waals surface area contributed by atoms with Crippen LogP contribution >= 0.6 is 0 Å².